The number of nitrogens with one attached hydrogen (secondary N) is 1. The molecule has 0 heterocycles. The standard InChI is InChI=1S/C15H24FNO2/c1-11(17-5)13-7-6-12(16)10-14(13)18-8-9-19-15(2,3)4/h6-7,10-11,17H,8-9H2,1-5H3. The summed E-state index contributed by atoms with van der Waals surface area (Å²) in [5, 5.41) is 3.12. The molecule has 0 fully saturated rings. The SMILES string of the molecule is CNC(C)c1ccc(F)cc1OCCOC(C)(C)C. The highest BCUT2D eigenvalue weighted by Crippen LogP contribution is 2.26. The van der Waals surface area contributed by atoms with Crippen LogP contribution in [0.2, 0.25) is 0 Å². The normalized spacial score (nSPS) is 13.4. The summed E-state index contributed by atoms with van der Waals surface area (Å²) in [5.74, 6) is 0.276. The minimum atomic E-state index is -0.293. The van der Waals surface area contributed by atoms with Crippen LogP contribution in [0.1, 0.15) is 39.3 Å². The van der Waals surface area contributed by atoms with E-state index in [-0.39, 0.29) is 17.5 Å². The lowest BCUT2D eigenvalue weighted by Gasteiger charge is -2.21. The molecule has 0 radical (unpaired) electrons. The van der Waals surface area contributed by atoms with Gasteiger partial charge in [0.25, 0.3) is 0 Å². The van der Waals surface area contributed by atoms with E-state index in [1.807, 2.05) is 34.7 Å². The quantitative estimate of drug-likeness (QED) is 0.804. The molecule has 0 aliphatic carbocycles. The molecule has 1 N–H and O–H groups in total. The Morgan fingerprint density at radius 1 is 1.26 bits per heavy atom. The molecule has 19 heavy (non-hydrogen) atoms. The van der Waals surface area contributed by atoms with Crippen LogP contribution in [-0.2, 0) is 4.74 Å². The smallest absolute Gasteiger partial charge is 0.127 e. The first-order valence-corrected chi connectivity index (χ1v) is 6.57. The zero-order valence-electron chi connectivity index (χ0n) is 12.4. The Kier molecular flexibility index (Phi) is 5.76. The van der Waals surface area contributed by atoms with Gasteiger partial charge in [-0.1, -0.05) is 6.07 Å². The van der Waals surface area contributed by atoms with E-state index in [1.165, 1.54) is 12.1 Å². The van der Waals surface area contributed by atoms with Gasteiger partial charge in [0.1, 0.15) is 18.2 Å². The second-order valence-corrected chi connectivity index (χ2v) is 5.50. The number of hydrogen-bond donors (Lipinski definition) is 1. The van der Waals surface area contributed by atoms with Gasteiger partial charge >= 0.3 is 0 Å². The van der Waals surface area contributed by atoms with Crippen LogP contribution in [0.15, 0.2) is 18.2 Å². The third-order valence-electron chi connectivity index (χ3n) is 2.75. The highest BCUT2D eigenvalue weighted by molar-refractivity contribution is 5.36. The number of rotatable bonds is 6. The molecule has 1 atom stereocenters. The second kappa shape index (κ2) is 6.87. The molecule has 0 saturated heterocycles. The monoisotopic (exact) mass is 269 g/mol. The van der Waals surface area contributed by atoms with E-state index < -0.39 is 0 Å². The van der Waals surface area contributed by atoms with Crippen molar-refractivity contribution in [2.75, 3.05) is 20.3 Å². The Morgan fingerprint density at radius 2 is 1.95 bits per heavy atom. The van der Waals surface area contributed by atoms with Crippen molar-refractivity contribution in [3.63, 3.8) is 0 Å². The van der Waals surface area contributed by atoms with Gasteiger partial charge in [-0.15, -0.1) is 0 Å². The van der Waals surface area contributed by atoms with Crippen LogP contribution >= 0.6 is 0 Å². The lowest BCUT2D eigenvalue weighted by atomic mass is 10.1. The van der Waals surface area contributed by atoms with Crippen LogP contribution in [-0.4, -0.2) is 25.9 Å². The van der Waals surface area contributed by atoms with Gasteiger partial charge in [0, 0.05) is 17.7 Å². The lowest BCUT2D eigenvalue weighted by molar-refractivity contribution is -0.0164. The van der Waals surface area contributed by atoms with Gasteiger partial charge in [-0.05, 0) is 40.8 Å². The predicted octanol–water partition coefficient (Wildman–Crippen LogP) is 3.30. The Hall–Kier alpha value is -1.13. The van der Waals surface area contributed by atoms with E-state index in [9.17, 15) is 4.39 Å². The summed E-state index contributed by atoms with van der Waals surface area (Å²) in [4.78, 5) is 0. The first-order chi connectivity index (χ1) is 8.83. The summed E-state index contributed by atoms with van der Waals surface area (Å²) in [6.07, 6.45) is 0. The van der Waals surface area contributed by atoms with Gasteiger partial charge < -0.3 is 14.8 Å². The minimum Gasteiger partial charge on any atom is -0.491 e. The van der Waals surface area contributed by atoms with Gasteiger partial charge in [-0.3, -0.25) is 0 Å². The molecule has 1 rings (SSSR count). The van der Waals surface area contributed by atoms with E-state index in [0.717, 1.165) is 5.56 Å². The summed E-state index contributed by atoms with van der Waals surface area (Å²) < 4.78 is 24.5. The van der Waals surface area contributed by atoms with Crippen molar-refractivity contribution < 1.29 is 13.9 Å². The van der Waals surface area contributed by atoms with Gasteiger partial charge in [-0.2, -0.15) is 0 Å². The van der Waals surface area contributed by atoms with Gasteiger partial charge in [0.2, 0.25) is 0 Å². The van der Waals surface area contributed by atoms with Crippen molar-refractivity contribution in [1.82, 2.24) is 5.32 Å². The molecule has 1 aromatic carbocycles. The van der Waals surface area contributed by atoms with Gasteiger partial charge in [0.05, 0.1) is 12.2 Å². The molecule has 0 aromatic heterocycles. The molecule has 0 amide bonds. The zero-order valence-corrected chi connectivity index (χ0v) is 12.4. The van der Waals surface area contributed by atoms with Crippen molar-refractivity contribution in [3.05, 3.63) is 29.6 Å². The molecule has 1 unspecified atom stereocenters. The van der Waals surface area contributed by atoms with Crippen molar-refractivity contribution in [3.8, 4) is 5.75 Å². The molecule has 0 bridgehead atoms. The Morgan fingerprint density at radius 3 is 2.53 bits per heavy atom. The fourth-order valence-electron chi connectivity index (χ4n) is 1.65. The first-order valence-electron chi connectivity index (χ1n) is 6.57. The number of halogens is 1. The molecule has 3 nitrogen and oxygen atoms in total. The average molecular weight is 269 g/mol. The predicted molar refractivity (Wildman–Crippen MR) is 75.1 cm³/mol. The van der Waals surface area contributed by atoms with E-state index in [4.69, 9.17) is 9.47 Å². The topological polar surface area (TPSA) is 30.5 Å². The maximum atomic E-state index is 13.3. The fourth-order valence-corrected chi connectivity index (χ4v) is 1.65. The molecule has 4 heteroatoms. The number of hydrogen-bond acceptors (Lipinski definition) is 3. The highest BCUT2D eigenvalue weighted by Gasteiger charge is 2.13. The summed E-state index contributed by atoms with van der Waals surface area (Å²) >= 11 is 0. The summed E-state index contributed by atoms with van der Waals surface area (Å²) in [5.41, 5.74) is 0.756. The number of benzene rings is 1. The third kappa shape index (κ3) is 5.57. The minimum absolute atomic E-state index is 0.110. The van der Waals surface area contributed by atoms with E-state index in [1.54, 1.807) is 6.07 Å². The zero-order chi connectivity index (χ0) is 14.5. The average Bonchev–Trinajstić information content (AvgIpc) is 2.33. The van der Waals surface area contributed by atoms with Crippen molar-refractivity contribution in [2.24, 2.45) is 0 Å². The Balaban J connectivity index is 2.63. The molecular formula is C15H24FNO2. The largest absolute Gasteiger partial charge is 0.491 e. The van der Waals surface area contributed by atoms with Crippen LogP contribution in [0.5, 0.6) is 5.75 Å². The van der Waals surface area contributed by atoms with Gasteiger partial charge in [-0.25, -0.2) is 4.39 Å². The van der Waals surface area contributed by atoms with Gasteiger partial charge in [0.15, 0.2) is 0 Å². The molecule has 0 aliphatic heterocycles. The van der Waals surface area contributed by atoms with E-state index >= 15 is 0 Å². The van der Waals surface area contributed by atoms with E-state index in [0.29, 0.717) is 19.0 Å². The molecule has 1 aromatic rings. The van der Waals surface area contributed by atoms with Crippen LogP contribution in [0.3, 0.4) is 0 Å². The summed E-state index contributed by atoms with van der Waals surface area (Å²) in [7, 11) is 1.86. The summed E-state index contributed by atoms with van der Waals surface area (Å²) in [6.45, 7) is 8.86. The summed E-state index contributed by atoms with van der Waals surface area (Å²) in [6, 6.07) is 4.72. The van der Waals surface area contributed by atoms with Crippen molar-refractivity contribution in [1.29, 1.82) is 0 Å². The maximum absolute atomic E-state index is 13.3. The lowest BCUT2D eigenvalue weighted by Crippen LogP contribution is -2.23. The molecule has 108 valence electrons. The van der Waals surface area contributed by atoms with E-state index in [2.05, 4.69) is 5.32 Å². The Bertz CT molecular complexity index is 402. The third-order valence-corrected chi connectivity index (χ3v) is 2.75. The second-order valence-electron chi connectivity index (χ2n) is 5.50. The van der Waals surface area contributed by atoms with Crippen LogP contribution in [0, 0.1) is 5.82 Å². The van der Waals surface area contributed by atoms with Crippen molar-refractivity contribution in [2.45, 2.75) is 39.3 Å². The molecule has 0 spiro atoms. The van der Waals surface area contributed by atoms with Crippen LogP contribution in [0.25, 0.3) is 0 Å². The maximum Gasteiger partial charge on any atom is 0.127 e. The van der Waals surface area contributed by atoms with Crippen molar-refractivity contribution >= 4 is 0 Å². The first kappa shape index (κ1) is 15.9. The molecule has 0 saturated carbocycles. The number of ether oxygens (including phenoxy) is 2. The highest BCUT2D eigenvalue weighted by atomic mass is 19.1. The Labute approximate surface area is 115 Å². The van der Waals surface area contributed by atoms with Crippen LogP contribution < -0.4 is 10.1 Å². The fraction of sp³-hybridized carbons (Fsp3) is 0.600. The molecular weight excluding hydrogens is 245 g/mol. The van der Waals surface area contributed by atoms with Crippen LogP contribution in [0.4, 0.5) is 4.39 Å². The molecule has 0 aliphatic rings.